The molecule has 1 heterocycles. The van der Waals surface area contributed by atoms with Crippen LogP contribution in [0.4, 0.5) is 5.82 Å². The first kappa shape index (κ1) is 13.9. The predicted octanol–water partition coefficient (Wildman–Crippen LogP) is 1.82. The Morgan fingerprint density at radius 1 is 1.53 bits per heavy atom. The highest BCUT2D eigenvalue weighted by atomic mass is 35.5. The van der Waals surface area contributed by atoms with Gasteiger partial charge in [-0.3, -0.25) is 4.79 Å². The summed E-state index contributed by atoms with van der Waals surface area (Å²) in [5.41, 5.74) is 0.223. The van der Waals surface area contributed by atoms with Crippen molar-refractivity contribution >= 4 is 23.7 Å². The van der Waals surface area contributed by atoms with Crippen LogP contribution in [-0.2, 0) is 0 Å². The van der Waals surface area contributed by atoms with Gasteiger partial charge in [0.1, 0.15) is 16.8 Å². The van der Waals surface area contributed by atoms with Crippen molar-refractivity contribution in [1.29, 1.82) is 0 Å². The molecular weight excluding hydrogens is 242 g/mol. The maximum Gasteiger partial charge on any atom is 0.156 e. The minimum absolute atomic E-state index is 0.125. The number of hydrogen-bond donors (Lipinski definition) is 2. The van der Waals surface area contributed by atoms with Crippen molar-refractivity contribution in [3.8, 4) is 0 Å². The van der Waals surface area contributed by atoms with Crippen LogP contribution in [0.15, 0.2) is 0 Å². The molecule has 1 rings (SSSR count). The number of aromatic nitrogens is 2. The average Bonchev–Trinajstić information content (AvgIpc) is 2.26. The number of hydrogen-bond acceptors (Lipinski definition) is 5. The topological polar surface area (TPSA) is 75.1 Å². The van der Waals surface area contributed by atoms with Crippen LogP contribution >= 0.6 is 11.6 Å². The highest BCUT2D eigenvalue weighted by Gasteiger charge is 2.12. The minimum Gasteiger partial charge on any atom is -0.391 e. The summed E-state index contributed by atoms with van der Waals surface area (Å²) in [6.45, 7) is 4.02. The lowest BCUT2D eigenvalue weighted by molar-refractivity contribution is 0.112. The van der Waals surface area contributed by atoms with E-state index in [1.807, 2.05) is 6.92 Å². The Hall–Kier alpha value is -1.20. The minimum atomic E-state index is -0.464. The first-order valence-corrected chi connectivity index (χ1v) is 5.87. The molecular formula is C11H16ClN3O2. The summed E-state index contributed by atoms with van der Waals surface area (Å²) in [6.07, 6.45) is 1.73. The van der Waals surface area contributed by atoms with Crippen molar-refractivity contribution in [2.24, 2.45) is 0 Å². The molecule has 1 aromatic rings. The van der Waals surface area contributed by atoms with Gasteiger partial charge in [0.25, 0.3) is 0 Å². The van der Waals surface area contributed by atoms with Crippen LogP contribution in [-0.4, -0.2) is 34.0 Å². The van der Waals surface area contributed by atoms with E-state index in [4.69, 9.17) is 11.6 Å². The number of carbonyl (C=O) groups excluding carboxylic acids is 1. The zero-order valence-electron chi connectivity index (χ0n) is 9.90. The van der Waals surface area contributed by atoms with Crippen molar-refractivity contribution in [1.82, 2.24) is 9.97 Å². The molecule has 0 aliphatic heterocycles. The Balaban J connectivity index is 2.79. The molecule has 17 heavy (non-hydrogen) atoms. The predicted molar refractivity (Wildman–Crippen MR) is 66.6 cm³/mol. The number of aldehydes is 1. The molecule has 1 atom stereocenters. The lowest BCUT2D eigenvalue weighted by Crippen LogP contribution is -2.20. The zero-order chi connectivity index (χ0) is 12.8. The molecule has 0 saturated carbocycles. The van der Waals surface area contributed by atoms with Crippen LogP contribution in [0.1, 0.15) is 35.9 Å². The zero-order valence-corrected chi connectivity index (χ0v) is 10.7. The van der Waals surface area contributed by atoms with E-state index in [-0.39, 0.29) is 10.7 Å². The quantitative estimate of drug-likeness (QED) is 0.601. The summed E-state index contributed by atoms with van der Waals surface area (Å²) >= 11 is 5.83. The first-order chi connectivity index (χ1) is 8.08. The van der Waals surface area contributed by atoms with E-state index in [0.29, 0.717) is 30.9 Å². The van der Waals surface area contributed by atoms with Crippen LogP contribution in [0.3, 0.4) is 0 Å². The van der Waals surface area contributed by atoms with Crippen molar-refractivity contribution in [3.05, 3.63) is 16.5 Å². The lowest BCUT2D eigenvalue weighted by Gasteiger charge is -2.13. The third kappa shape index (κ3) is 3.94. The standard InChI is InChI=1S/C11H16ClN3O2/c1-3-4-8(17)5-13-11-9(6-16)10(12)14-7(2)15-11/h6,8,17H,3-5H2,1-2H3,(H,13,14,15). The summed E-state index contributed by atoms with van der Waals surface area (Å²) in [6, 6.07) is 0. The van der Waals surface area contributed by atoms with Crippen molar-refractivity contribution in [3.63, 3.8) is 0 Å². The number of aliphatic hydroxyl groups excluding tert-OH is 1. The van der Waals surface area contributed by atoms with E-state index < -0.39 is 6.10 Å². The molecule has 0 fully saturated rings. The van der Waals surface area contributed by atoms with Gasteiger partial charge >= 0.3 is 0 Å². The smallest absolute Gasteiger partial charge is 0.156 e. The van der Waals surface area contributed by atoms with Crippen LogP contribution in [0.25, 0.3) is 0 Å². The summed E-state index contributed by atoms with van der Waals surface area (Å²) in [5, 5.41) is 12.6. The fourth-order valence-electron chi connectivity index (χ4n) is 1.44. The number of halogens is 1. The molecule has 0 amide bonds. The van der Waals surface area contributed by atoms with Crippen molar-refractivity contribution < 1.29 is 9.90 Å². The summed E-state index contributed by atoms with van der Waals surface area (Å²) in [5.74, 6) is 0.848. The molecule has 0 spiro atoms. The number of rotatable bonds is 6. The molecule has 0 radical (unpaired) electrons. The first-order valence-electron chi connectivity index (χ1n) is 5.49. The van der Waals surface area contributed by atoms with E-state index in [0.717, 1.165) is 6.42 Å². The van der Waals surface area contributed by atoms with Gasteiger partial charge in [-0.1, -0.05) is 24.9 Å². The van der Waals surface area contributed by atoms with Crippen molar-refractivity contribution in [2.45, 2.75) is 32.8 Å². The van der Waals surface area contributed by atoms with Gasteiger partial charge in [0, 0.05) is 6.54 Å². The van der Waals surface area contributed by atoms with Gasteiger partial charge in [0.2, 0.25) is 0 Å². The highest BCUT2D eigenvalue weighted by Crippen LogP contribution is 2.18. The van der Waals surface area contributed by atoms with Crippen LogP contribution in [0, 0.1) is 6.92 Å². The second-order valence-electron chi connectivity index (χ2n) is 3.77. The van der Waals surface area contributed by atoms with Gasteiger partial charge in [-0.25, -0.2) is 9.97 Å². The molecule has 2 N–H and O–H groups in total. The number of nitrogens with one attached hydrogen (secondary N) is 1. The van der Waals surface area contributed by atoms with Gasteiger partial charge in [0.05, 0.1) is 11.7 Å². The van der Waals surface area contributed by atoms with E-state index in [9.17, 15) is 9.90 Å². The highest BCUT2D eigenvalue weighted by molar-refractivity contribution is 6.32. The van der Waals surface area contributed by atoms with E-state index >= 15 is 0 Å². The number of aryl methyl sites for hydroxylation is 1. The Morgan fingerprint density at radius 2 is 2.24 bits per heavy atom. The van der Waals surface area contributed by atoms with Crippen molar-refractivity contribution in [2.75, 3.05) is 11.9 Å². The Labute approximate surface area is 105 Å². The molecule has 94 valence electrons. The fourth-order valence-corrected chi connectivity index (χ4v) is 1.69. The summed E-state index contributed by atoms with van der Waals surface area (Å²) in [7, 11) is 0. The third-order valence-corrected chi connectivity index (χ3v) is 2.54. The largest absolute Gasteiger partial charge is 0.391 e. The second-order valence-corrected chi connectivity index (χ2v) is 4.12. The average molecular weight is 258 g/mol. The van der Waals surface area contributed by atoms with E-state index in [1.54, 1.807) is 6.92 Å². The fraction of sp³-hybridized carbons (Fsp3) is 0.545. The molecule has 0 aromatic carbocycles. The maximum atomic E-state index is 10.9. The lowest BCUT2D eigenvalue weighted by atomic mass is 10.2. The summed E-state index contributed by atoms with van der Waals surface area (Å²) < 4.78 is 0. The number of nitrogens with zero attached hydrogens (tertiary/aromatic N) is 2. The number of carbonyl (C=O) groups is 1. The van der Waals surface area contributed by atoms with Gasteiger partial charge < -0.3 is 10.4 Å². The number of anilines is 1. The van der Waals surface area contributed by atoms with Crippen LogP contribution in [0.2, 0.25) is 5.15 Å². The Kier molecular flexibility index (Phi) is 5.31. The summed E-state index contributed by atoms with van der Waals surface area (Å²) in [4.78, 5) is 18.8. The monoisotopic (exact) mass is 257 g/mol. The molecule has 5 nitrogen and oxygen atoms in total. The Bertz CT molecular complexity index is 399. The van der Waals surface area contributed by atoms with Gasteiger partial charge in [-0.2, -0.15) is 0 Å². The molecule has 0 aliphatic carbocycles. The number of aliphatic hydroxyl groups is 1. The molecule has 6 heteroatoms. The van der Waals surface area contributed by atoms with Crippen LogP contribution < -0.4 is 5.32 Å². The molecule has 1 aromatic heterocycles. The maximum absolute atomic E-state index is 10.9. The van der Waals surface area contributed by atoms with Gasteiger partial charge in [0.15, 0.2) is 6.29 Å². The molecule has 0 bridgehead atoms. The van der Waals surface area contributed by atoms with E-state index in [1.165, 1.54) is 0 Å². The molecule has 0 saturated heterocycles. The SMILES string of the molecule is CCCC(O)CNc1nc(C)nc(Cl)c1C=O. The Morgan fingerprint density at radius 3 is 2.82 bits per heavy atom. The van der Waals surface area contributed by atoms with Gasteiger partial charge in [-0.15, -0.1) is 0 Å². The van der Waals surface area contributed by atoms with Gasteiger partial charge in [-0.05, 0) is 13.3 Å². The molecule has 0 aliphatic rings. The molecule has 1 unspecified atom stereocenters. The van der Waals surface area contributed by atoms with E-state index in [2.05, 4.69) is 15.3 Å². The second kappa shape index (κ2) is 6.51. The normalized spacial score (nSPS) is 12.2. The third-order valence-electron chi connectivity index (χ3n) is 2.26. The van der Waals surface area contributed by atoms with Crippen LogP contribution in [0.5, 0.6) is 0 Å².